The molecule has 0 aromatic carbocycles. The fourth-order valence-corrected chi connectivity index (χ4v) is 3.36. The first-order valence-electron chi connectivity index (χ1n) is 9.34. The summed E-state index contributed by atoms with van der Waals surface area (Å²) in [5, 5.41) is 11.2. The van der Waals surface area contributed by atoms with Gasteiger partial charge in [-0.15, -0.1) is 0 Å². The number of carbonyl (C=O) groups excluding carboxylic acids is 1. The van der Waals surface area contributed by atoms with Gasteiger partial charge in [-0.25, -0.2) is 9.37 Å². The van der Waals surface area contributed by atoms with Crippen LogP contribution in [0.25, 0.3) is 11.3 Å². The molecule has 8 nitrogen and oxygen atoms in total. The Balaban J connectivity index is 1.58. The average molecular weight is 441 g/mol. The SMILES string of the molecule is Cn1cc(C(C)(CNC(=O)c2cc(-c3ccncc3F)on2)c2cccc(Cl)n2)cn1. The zero-order valence-electron chi connectivity index (χ0n) is 16.7. The topological polar surface area (TPSA) is 98.7 Å². The Kier molecular flexibility index (Phi) is 5.51. The highest BCUT2D eigenvalue weighted by atomic mass is 35.5. The Labute approximate surface area is 182 Å². The predicted molar refractivity (Wildman–Crippen MR) is 111 cm³/mol. The Morgan fingerprint density at radius 1 is 1.32 bits per heavy atom. The van der Waals surface area contributed by atoms with Crippen LogP contribution in [0.3, 0.4) is 0 Å². The van der Waals surface area contributed by atoms with E-state index in [1.54, 1.807) is 23.0 Å². The van der Waals surface area contributed by atoms with E-state index in [-0.39, 0.29) is 23.6 Å². The number of hydrogen-bond donors (Lipinski definition) is 1. The summed E-state index contributed by atoms with van der Waals surface area (Å²) in [5.41, 5.74) is 1.01. The van der Waals surface area contributed by atoms with Gasteiger partial charge in [0, 0.05) is 37.6 Å². The standard InChI is InChI=1S/C21H18ClFN6O2/c1-21(13-9-26-29(2)11-13,18-4-3-5-19(22)27-18)12-25-20(30)16-8-17(31-28-16)14-6-7-24-10-15(14)23/h3-11H,12H2,1-2H3,(H,25,30). The van der Waals surface area contributed by atoms with E-state index in [9.17, 15) is 9.18 Å². The maximum Gasteiger partial charge on any atom is 0.273 e. The highest BCUT2D eigenvalue weighted by molar-refractivity contribution is 6.29. The van der Waals surface area contributed by atoms with Crippen molar-refractivity contribution in [2.24, 2.45) is 7.05 Å². The second kappa shape index (κ2) is 8.27. The van der Waals surface area contributed by atoms with Crippen molar-refractivity contribution >= 4 is 17.5 Å². The minimum Gasteiger partial charge on any atom is -0.355 e. The van der Waals surface area contributed by atoms with E-state index >= 15 is 0 Å². The minimum atomic E-state index is -0.710. The summed E-state index contributed by atoms with van der Waals surface area (Å²) in [5.74, 6) is -0.903. The summed E-state index contributed by atoms with van der Waals surface area (Å²) >= 11 is 6.10. The lowest BCUT2D eigenvalue weighted by Crippen LogP contribution is -2.40. The number of halogens is 2. The van der Waals surface area contributed by atoms with Gasteiger partial charge in [0.25, 0.3) is 5.91 Å². The van der Waals surface area contributed by atoms with Crippen LogP contribution in [0.5, 0.6) is 0 Å². The van der Waals surface area contributed by atoms with Crippen molar-refractivity contribution in [3.63, 3.8) is 0 Å². The first kappa shape index (κ1) is 20.7. The second-order valence-electron chi connectivity index (χ2n) is 7.19. The van der Waals surface area contributed by atoms with Crippen molar-refractivity contribution in [2.75, 3.05) is 6.54 Å². The van der Waals surface area contributed by atoms with Crippen LogP contribution in [0.2, 0.25) is 5.15 Å². The highest BCUT2D eigenvalue weighted by Crippen LogP contribution is 2.31. The van der Waals surface area contributed by atoms with Crippen molar-refractivity contribution in [1.29, 1.82) is 0 Å². The zero-order chi connectivity index (χ0) is 22.0. The van der Waals surface area contributed by atoms with Crippen LogP contribution in [0.15, 0.2) is 59.6 Å². The maximum absolute atomic E-state index is 13.9. The Morgan fingerprint density at radius 3 is 2.87 bits per heavy atom. The smallest absolute Gasteiger partial charge is 0.273 e. The van der Waals surface area contributed by atoms with Gasteiger partial charge in [-0.1, -0.05) is 22.8 Å². The van der Waals surface area contributed by atoms with Crippen LogP contribution in [-0.2, 0) is 12.5 Å². The van der Waals surface area contributed by atoms with Gasteiger partial charge >= 0.3 is 0 Å². The molecule has 0 saturated carbocycles. The summed E-state index contributed by atoms with van der Waals surface area (Å²) in [6.45, 7) is 2.13. The van der Waals surface area contributed by atoms with Gasteiger partial charge in [-0.05, 0) is 25.1 Å². The van der Waals surface area contributed by atoms with Gasteiger partial charge < -0.3 is 9.84 Å². The number of carbonyl (C=O) groups is 1. The number of pyridine rings is 2. The van der Waals surface area contributed by atoms with Crippen molar-refractivity contribution < 1.29 is 13.7 Å². The van der Waals surface area contributed by atoms with Crippen LogP contribution in [0.1, 0.15) is 28.7 Å². The molecular formula is C21H18ClFN6O2. The van der Waals surface area contributed by atoms with Gasteiger partial charge in [0.15, 0.2) is 17.3 Å². The van der Waals surface area contributed by atoms with E-state index in [2.05, 4.69) is 25.5 Å². The largest absolute Gasteiger partial charge is 0.355 e. The molecule has 0 fully saturated rings. The van der Waals surface area contributed by atoms with Gasteiger partial charge in [-0.2, -0.15) is 5.10 Å². The molecule has 1 N–H and O–H groups in total. The van der Waals surface area contributed by atoms with Crippen molar-refractivity contribution in [2.45, 2.75) is 12.3 Å². The quantitative estimate of drug-likeness (QED) is 0.461. The van der Waals surface area contributed by atoms with Crippen LogP contribution >= 0.6 is 11.6 Å². The van der Waals surface area contributed by atoms with Gasteiger partial charge in [0.05, 0.1) is 29.1 Å². The van der Waals surface area contributed by atoms with E-state index in [0.29, 0.717) is 10.8 Å². The van der Waals surface area contributed by atoms with Crippen molar-refractivity contribution in [1.82, 2.24) is 30.2 Å². The lowest BCUT2D eigenvalue weighted by atomic mass is 9.80. The molecule has 0 radical (unpaired) electrons. The van der Waals surface area contributed by atoms with Crippen LogP contribution in [0, 0.1) is 5.82 Å². The summed E-state index contributed by atoms with van der Waals surface area (Å²) in [4.78, 5) is 20.9. The third kappa shape index (κ3) is 4.17. The van der Waals surface area contributed by atoms with E-state index < -0.39 is 17.1 Å². The number of amides is 1. The monoisotopic (exact) mass is 440 g/mol. The molecule has 4 aromatic rings. The number of nitrogens with one attached hydrogen (secondary N) is 1. The first-order valence-corrected chi connectivity index (χ1v) is 9.71. The summed E-state index contributed by atoms with van der Waals surface area (Å²) in [6.07, 6.45) is 6.07. The molecule has 1 atom stereocenters. The number of aromatic nitrogens is 5. The fourth-order valence-electron chi connectivity index (χ4n) is 3.19. The molecule has 4 aromatic heterocycles. The van der Waals surface area contributed by atoms with Gasteiger partial charge in [0.1, 0.15) is 5.15 Å². The molecule has 4 heterocycles. The molecule has 4 rings (SSSR count). The van der Waals surface area contributed by atoms with Crippen LogP contribution < -0.4 is 5.32 Å². The third-order valence-electron chi connectivity index (χ3n) is 5.01. The Hall–Kier alpha value is -3.59. The minimum absolute atomic E-state index is 0.0267. The predicted octanol–water partition coefficient (Wildman–Crippen LogP) is 3.39. The summed E-state index contributed by atoms with van der Waals surface area (Å²) < 4.78 is 20.7. The summed E-state index contributed by atoms with van der Waals surface area (Å²) in [6, 6.07) is 8.15. The molecule has 31 heavy (non-hydrogen) atoms. The molecule has 0 spiro atoms. The first-order chi connectivity index (χ1) is 14.9. The molecular weight excluding hydrogens is 423 g/mol. The van der Waals surface area contributed by atoms with Gasteiger partial charge in [-0.3, -0.25) is 14.5 Å². The van der Waals surface area contributed by atoms with Crippen LogP contribution in [0.4, 0.5) is 4.39 Å². The molecule has 0 aliphatic heterocycles. The van der Waals surface area contributed by atoms with Crippen molar-refractivity contribution in [3.8, 4) is 11.3 Å². The fraction of sp³-hybridized carbons (Fsp3) is 0.190. The maximum atomic E-state index is 13.9. The van der Waals surface area contributed by atoms with Crippen LogP contribution in [-0.4, -0.2) is 37.4 Å². The molecule has 0 aliphatic carbocycles. The molecule has 10 heteroatoms. The Bertz CT molecular complexity index is 1240. The van der Waals surface area contributed by atoms with E-state index in [1.165, 1.54) is 18.3 Å². The normalized spacial score (nSPS) is 13.0. The Morgan fingerprint density at radius 2 is 2.16 bits per heavy atom. The van der Waals surface area contributed by atoms with E-state index in [0.717, 1.165) is 11.8 Å². The number of nitrogens with zero attached hydrogens (tertiary/aromatic N) is 5. The zero-order valence-corrected chi connectivity index (χ0v) is 17.5. The summed E-state index contributed by atoms with van der Waals surface area (Å²) in [7, 11) is 1.81. The number of rotatable bonds is 6. The van der Waals surface area contributed by atoms with E-state index in [1.807, 2.05) is 26.2 Å². The van der Waals surface area contributed by atoms with E-state index in [4.69, 9.17) is 16.1 Å². The molecule has 0 aliphatic rings. The van der Waals surface area contributed by atoms with Crippen molar-refractivity contribution in [3.05, 3.63) is 83.0 Å². The number of aryl methyl sites for hydroxylation is 1. The molecule has 0 bridgehead atoms. The molecule has 1 amide bonds. The highest BCUT2D eigenvalue weighted by Gasteiger charge is 2.33. The average Bonchev–Trinajstić information content (AvgIpc) is 3.42. The second-order valence-corrected chi connectivity index (χ2v) is 7.58. The van der Waals surface area contributed by atoms with Gasteiger partial charge in [0.2, 0.25) is 0 Å². The number of hydrogen-bond acceptors (Lipinski definition) is 6. The molecule has 158 valence electrons. The third-order valence-corrected chi connectivity index (χ3v) is 5.22. The molecule has 0 saturated heterocycles. The lowest BCUT2D eigenvalue weighted by molar-refractivity contribution is 0.0938. The lowest BCUT2D eigenvalue weighted by Gasteiger charge is -2.28. The molecule has 1 unspecified atom stereocenters.